The summed E-state index contributed by atoms with van der Waals surface area (Å²) >= 11 is 5.05. The van der Waals surface area contributed by atoms with Gasteiger partial charge in [-0.05, 0) is 30.3 Å². The van der Waals surface area contributed by atoms with E-state index in [4.69, 9.17) is 17.0 Å². The van der Waals surface area contributed by atoms with Crippen LogP contribution in [0.2, 0.25) is 0 Å². The minimum Gasteiger partial charge on any atom is -0.483 e. The molecule has 0 saturated heterocycles. The van der Waals surface area contributed by atoms with Gasteiger partial charge in [0.2, 0.25) is 0 Å². The minimum atomic E-state index is -0.374. The third kappa shape index (κ3) is 7.24. The van der Waals surface area contributed by atoms with E-state index >= 15 is 0 Å². The lowest BCUT2D eigenvalue weighted by molar-refractivity contribution is -0.140. The number of hydrazine groups is 1. The number of carbonyl (C=O) groups excluding carboxylic acids is 2. The van der Waals surface area contributed by atoms with Crippen LogP contribution in [0.4, 0.5) is 0 Å². The van der Waals surface area contributed by atoms with E-state index in [-0.39, 0.29) is 23.6 Å². The molecule has 0 aliphatic heterocycles. The summed E-state index contributed by atoms with van der Waals surface area (Å²) in [5.41, 5.74) is 6.97. The van der Waals surface area contributed by atoms with Crippen LogP contribution in [0.15, 0.2) is 54.6 Å². The Morgan fingerprint density at radius 1 is 1.00 bits per heavy atom. The predicted molar refractivity (Wildman–Crippen MR) is 111 cm³/mol. The predicted octanol–water partition coefficient (Wildman–Crippen LogP) is 2.18. The molecule has 0 aliphatic carbocycles. The van der Waals surface area contributed by atoms with Gasteiger partial charge in [-0.25, -0.2) is 0 Å². The van der Waals surface area contributed by atoms with Crippen molar-refractivity contribution >= 4 is 29.2 Å². The van der Waals surface area contributed by atoms with E-state index < -0.39 is 0 Å². The van der Waals surface area contributed by atoms with Crippen LogP contribution in [0, 0.1) is 0 Å². The monoisotopic (exact) mass is 401 g/mol. The fraction of sp³-hybridized carbons (Fsp3) is 0.250. The van der Waals surface area contributed by atoms with Gasteiger partial charge >= 0.3 is 5.97 Å². The number of rotatable bonds is 8. The maximum atomic E-state index is 12.0. The molecule has 7 nitrogen and oxygen atoms in total. The number of benzene rings is 2. The van der Waals surface area contributed by atoms with Crippen molar-refractivity contribution in [2.24, 2.45) is 0 Å². The lowest BCUT2D eigenvalue weighted by atomic mass is 10.1. The smallest absolute Gasteiger partial charge is 0.305 e. The number of para-hydroxylation sites is 1. The van der Waals surface area contributed by atoms with Crippen molar-refractivity contribution in [1.29, 1.82) is 0 Å². The minimum absolute atomic E-state index is 0.165. The largest absolute Gasteiger partial charge is 0.483 e. The van der Waals surface area contributed by atoms with Crippen LogP contribution < -0.4 is 20.9 Å². The van der Waals surface area contributed by atoms with Gasteiger partial charge in [0, 0.05) is 18.5 Å². The molecular formula is C20H23N3O4S. The third-order valence-corrected chi connectivity index (χ3v) is 3.96. The standard InChI is InChI=1S/C20H23N3O4S/c1-26-19(25)12-7-13-21-20(28)23-22-18(24)14-27-17-11-6-5-10-16(17)15-8-3-2-4-9-15/h2-6,8-11H,7,12-14H2,1H3,(H,22,24)(H2,21,23,28). The molecule has 0 saturated carbocycles. The van der Waals surface area contributed by atoms with Gasteiger partial charge in [-0.3, -0.25) is 20.4 Å². The Morgan fingerprint density at radius 2 is 1.71 bits per heavy atom. The van der Waals surface area contributed by atoms with E-state index in [1.807, 2.05) is 54.6 Å². The van der Waals surface area contributed by atoms with Gasteiger partial charge in [0.1, 0.15) is 5.75 Å². The first-order chi connectivity index (χ1) is 13.6. The average Bonchev–Trinajstić information content (AvgIpc) is 2.74. The molecule has 148 valence electrons. The number of thiocarbonyl (C=S) groups is 1. The Hall–Kier alpha value is -3.13. The van der Waals surface area contributed by atoms with Gasteiger partial charge < -0.3 is 14.8 Å². The van der Waals surface area contributed by atoms with E-state index in [1.165, 1.54) is 7.11 Å². The highest BCUT2D eigenvalue weighted by Crippen LogP contribution is 2.29. The Morgan fingerprint density at radius 3 is 2.46 bits per heavy atom. The number of amides is 1. The first kappa shape index (κ1) is 21.2. The molecule has 0 aromatic heterocycles. The molecule has 0 fully saturated rings. The highest BCUT2D eigenvalue weighted by molar-refractivity contribution is 7.80. The Balaban J connectivity index is 1.73. The van der Waals surface area contributed by atoms with Gasteiger partial charge in [-0.15, -0.1) is 0 Å². The van der Waals surface area contributed by atoms with Crippen molar-refractivity contribution in [2.45, 2.75) is 12.8 Å². The molecule has 0 unspecified atom stereocenters. The van der Waals surface area contributed by atoms with Crippen molar-refractivity contribution in [3.8, 4) is 16.9 Å². The summed E-state index contributed by atoms with van der Waals surface area (Å²) in [5, 5.41) is 3.13. The fourth-order valence-corrected chi connectivity index (χ4v) is 2.49. The molecule has 0 heterocycles. The summed E-state index contributed by atoms with van der Waals surface area (Å²) < 4.78 is 10.2. The van der Waals surface area contributed by atoms with Gasteiger partial charge in [-0.2, -0.15) is 0 Å². The van der Waals surface area contributed by atoms with Crippen LogP contribution in [0.1, 0.15) is 12.8 Å². The number of methoxy groups -OCH3 is 1. The van der Waals surface area contributed by atoms with Crippen LogP contribution in [0.3, 0.4) is 0 Å². The SMILES string of the molecule is COC(=O)CCCNC(=S)NNC(=O)COc1ccccc1-c1ccccc1. The molecule has 2 aromatic carbocycles. The van der Waals surface area contributed by atoms with Crippen LogP contribution >= 0.6 is 12.2 Å². The summed E-state index contributed by atoms with van der Waals surface area (Å²) in [4.78, 5) is 23.0. The number of ether oxygens (including phenoxy) is 2. The highest BCUT2D eigenvalue weighted by atomic mass is 32.1. The number of esters is 1. The molecule has 2 aromatic rings. The quantitative estimate of drug-likeness (QED) is 0.270. The summed E-state index contributed by atoms with van der Waals surface area (Å²) in [6.45, 7) is 0.319. The highest BCUT2D eigenvalue weighted by Gasteiger charge is 2.08. The second-order valence-electron chi connectivity index (χ2n) is 5.76. The summed E-state index contributed by atoms with van der Waals surface area (Å²) in [6.07, 6.45) is 0.870. The molecule has 0 atom stereocenters. The summed E-state index contributed by atoms with van der Waals surface area (Å²) in [7, 11) is 1.35. The first-order valence-corrected chi connectivity index (χ1v) is 9.17. The van der Waals surface area contributed by atoms with Crippen LogP contribution in [0.25, 0.3) is 11.1 Å². The van der Waals surface area contributed by atoms with Crippen molar-refractivity contribution in [3.63, 3.8) is 0 Å². The Bertz CT molecular complexity index is 799. The van der Waals surface area contributed by atoms with E-state index in [9.17, 15) is 9.59 Å². The van der Waals surface area contributed by atoms with Gasteiger partial charge in [0.05, 0.1) is 7.11 Å². The number of hydrogen-bond donors (Lipinski definition) is 3. The molecule has 0 radical (unpaired) electrons. The second kappa shape index (κ2) is 11.6. The number of carbonyl (C=O) groups is 2. The number of nitrogens with one attached hydrogen (secondary N) is 3. The fourth-order valence-electron chi connectivity index (χ4n) is 2.34. The molecular weight excluding hydrogens is 378 g/mol. The van der Waals surface area contributed by atoms with Gasteiger partial charge in [0.25, 0.3) is 5.91 Å². The summed E-state index contributed by atoms with van der Waals surface area (Å²) in [6, 6.07) is 17.3. The van der Waals surface area contributed by atoms with Crippen LogP contribution in [-0.4, -0.2) is 37.3 Å². The van der Waals surface area contributed by atoms with Gasteiger partial charge in [-0.1, -0.05) is 48.5 Å². The first-order valence-electron chi connectivity index (χ1n) is 8.77. The number of hydrogen-bond acceptors (Lipinski definition) is 5. The Labute approximate surface area is 169 Å². The molecule has 0 spiro atoms. The molecule has 8 heteroatoms. The normalized spacial score (nSPS) is 9.89. The second-order valence-corrected chi connectivity index (χ2v) is 6.17. The van der Waals surface area contributed by atoms with E-state index in [0.29, 0.717) is 25.1 Å². The molecule has 2 rings (SSSR count). The van der Waals surface area contributed by atoms with Crippen LogP contribution in [-0.2, 0) is 14.3 Å². The van der Waals surface area contributed by atoms with Crippen molar-refractivity contribution in [2.75, 3.05) is 20.3 Å². The zero-order valence-corrected chi connectivity index (χ0v) is 16.4. The topological polar surface area (TPSA) is 88.7 Å². The van der Waals surface area contributed by atoms with Crippen LogP contribution in [0.5, 0.6) is 5.75 Å². The van der Waals surface area contributed by atoms with E-state index in [1.54, 1.807) is 0 Å². The van der Waals surface area contributed by atoms with Gasteiger partial charge in [0.15, 0.2) is 11.7 Å². The van der Waals surface area contributed by atoms with Crippen molar-refractivity contribution < 1.29 is 19.1 Å². The van der Waals surface area contributed by atoms with Crippen molar-refractivity contribution in [1.82, 2.24) is 16.2 Å². The maximum absolute atomic E-state index is 12.0. The van der Waals surface area contributed by atoms with E-state index in [2.05, 4.69) is 20.9 Å². The lowest BCUT2D eigenvalue weighted by Crippen LogP contribution is -2.48. The molecule has 0 aliphatic rings. The molecule has 28 heavy (non-hydrogen) atoms. The van der Waals surface area contributed by atoms with Crippen molar-refractivity contribution in [3.05, 3.63) is 54.6 Å². The molecule has 3 N–H and O–H groups in total. The molecule has 1 amide bonds. The maximum Gasteiger partial charge on any atom is 0.305 e. The summed E-state index contributed by atoms with van der Waals surface area (Å²) in [5.74, 6) is -0.0316. The molecule has 0 bridgehead atoms. The third-order valence-electron chi connectivity index (χ3n) is 3.72. The zero-order chi connectivity index (χ0) is 20.2. The van der Waals surface area contributed by atoms with E-state index in [0.717, 1.165) is 11.1 Å². The lowest BCUT2D eigenvalue weighted by Gasteiger charge is -2.13. The average molecular weight is 401 g/mol. The Kier molecular flexibility index (Phi) is 8.74. The zero-order valence-electron chi connectivity index (χ0n) is 15.6.